The second-order valence-corrected chi connectivity index (χ2v) is 5.58. The summed E-state index contributed by atoms with van der Waals surface area (Å²) in [5, 5.41) is 3.44. The van der Waals surface area contributed by atoms with Crippen molar-refractivity contribution >= 4 is 0 Å². The summed E-state index contributed by atoms with van der Waals surface area (Å²) in [5.41, 5.74) is 1.36. The van der Waals surface area contributed by atoms with Crippen LogP contribution < -0.4 is 10.1 Å². The molecule has 0 aliphatic carbocycles. The Bertz CT molecular complexity index is 438. The molecular formula is C16H24N2O2. The van der Waals surface area contributed by atoms with Crippen molar-refractivity contribution in [1.29, 1.82) is 0 Å². The molecule has 4 nitrogen and oxygen atoms in total. The zero-order valence-corrected chi connectivity index (χ0v) is 12.2. The average molecular weight is 276 g/mol. The lowest BCUT2D eigenvalue weighted by atomic mass is 10.00. The Balaban J connectivity index is 1.64. The normalized spacial score (nSPS) is 26.2. The third-order valence-corrected chi connectivity index (χ3v) is 4.23. The number of rotatable bonds is 5. The Morgan fingerprint density at radius 2 is 2.20 bits per heavy atom. The molecule has 2 aliphatic heterocycles. The van der Waals surface area contributed by atoms with Crippen LogP contribution in [-0.2, 0) is 4.74 Å². The minimum absolute atomic E-state index is 0.483. The zero-order chi connectivity index (χ0) is 13.8. The minimum atomic E-state index is 0.483. The van der Waals surface area contributed by atoms with E-state index in [1.54, 1.807) is 0 Å². The predicted octanol–water partition coefficient (Wildman–Crippen LogP) is 1.47. The van der Waals surface area contributed by atoms with E-state index in [4.69, 9.17) is 9.47 Å². The van der Waals surface area contributed by atoms with Gasteiger partial charge in [0.25, 0.3) is 0 Å². The summed E-state index contributed by atoms with van der Waals surface area (Å²) in [4.78, 5) is 2.56. The maximum atomic E-state index is 5.80. The van der Waals surface area contributed by atoms with E-state index in [2.05, 4.69) is 35.3 Å². The van der Waals surface area contributed by atoms with Crippen molar-refractivity contribution in [2.24, 2.45) is 0 Å². The fourth-order valence-corrected chi connectivity index (χ4v) is 3.09. The summed E-state index contributed by atoms with van der Waals surface area (Å²) in [5.74, 6) is 1.56. The predicted molar refractivity (Wildman–Crippen MR) is 79.4 cm³/mol. The van der Waals surface area contributed by atoms with Crippen LogP contribution in [0.25, 0.3) is 0 Å². The van der Waals surface area contributed by atoms with Gasteiger partial charge < -0.3 is 14.8 Å². The number of benzene rings is 1. The van der Waals surface area contributed by atoms with E-state index < -0.39 is 0 Å². The number of likely N-dealkylation sites (N-methyl/N-ethyl adjacent to an activating group) is 1. The number of fused-ring (bicyclic) bond motifs is 1. The van der Waals surface area contributed by atoms with Crippen LogP contribution in [0.4, 0.5) is 0 Å². The average Bonchev–Trinajstić information content (AvgIpc) is 2.90. The van der Waals surface area contributed by atoms with Gasteiger partial charge in [0, 0.05) is 37.2 Å². The highest BCUT2D eigenvalue weighted by Crippen LogP contribution is 2.34. The van der Waals surface area contributed by atoms with E-state index in [1.165, 1.54) is 5.56 Å². The third-order valence-electron chi connectivity index (χ3n) is 4.23. The monoisotopic (exact) mass is 276 g/mol. The maximum Gasteiger partial charge on any atom is 0.122 e. The molecular weight excluding hydrogens is 252 g/mol. The van der Waals surface area contributed by atoms with Gasteiger partial charge in [-0.15, -0.1) is 0 Å². The highest BCUT2D eigenvalue weighted by Gasteiger charge is 2.30. The number of hydrogen-bond acceptors (Lipinski definition) is 4. The zero-order valence-electron chi connectivity index (χ0n) is 12.2. The number of hydrogen-bond donors (Lipinski definition) is 1. The highest BCUT2D eigenvalue weighted by atomic mass is 16.5. The third kappa shape index (κ3) is 2.97. The summed E-state index contributed by atoms with van der Waals surface area (Å²) < 4.78 is 11.4. The van der Waals surface area contributed by atoms with E-state index in [1.807, 2.05) is 6.07 Å². The van der Waals surface area contributed by atoms with Crippen molar-refractivity contribution in [3.8, 4) is 5.75 Å². The number of nitrogens with zero attached hydrogens (tertiary/aromatic N) is 1. The smallest absolute Gasteiger partial charge is 0.122 e. The number of morpholine rings is 1. The molecule has 4 heteroatoms. The molecule has 1 N–H and O–H groups in total. The summed E-state index contributed by atoms with van der Waals surface area (Å²) in [6.45, 7) is 8.75. The van der Waals surface area contributed by atoms with Crippen molar-refractivity contribution in [1.82, 2.24) is 10.2 Å². The van der Waals surface area contributed by atoms with Crippen LogP contribution in [0.5, 0.6) is 5.75 Å². The highest BCUT2D eigenvalue weighted by molar-refractivity contribution is 5.39. The van der Waals surface area contributed by atoms with E-state index in [9.17, 15) is 0 Å². The Morgan fingerprint density at radius 1 is 1.30 bits per heavy atom. The summed E-state index contributed by atoms with van der Waals surface area (Å²) in [6, 6.07) is 8.91. The van der Waals surface area contributed by atoms with Crippen LogP contribution in [0.3, 0.4) is 0 Å². The lowest BCUT2D eigenvalue weighted by molar-refractivity contribution is -0.00999. The summed E-state index contributed by atoms with van der Waals surface area (Å²) in [6.07, 6.45) is 0. The van der Waals surface area contributed by atoms with Gasteiger partial charge in [0.1, 0.15) is 5.75 Å². The van der Waals surface area contributed by atoms with Gasteiger partial charge in [-0.1, -0.05) is 25.1 Å². The van der Waals surface area contributed by atoms with Gasteiger partial charge in [-0.2, -0.15) is 0 Å². The molecule has 1 aromatic carbocycles. The molecule has 2 aliphatic rings. The molecule has 2 heterocycles. The number of nitrogens with one attached hydrogen (secondary N) is 1. The van der Waals surface area contributed by atoms with Crippen LogP contribution in [0.15, 0.2) is 24.3 Å². The summed E-state index contributed by atoms with van der Waals surface area (Å²) in [7, 11) is 0. The molecule has 1 saturated heterocycles. The van der Waals surface area contributed by atoms with Crippen molar-refractivity contribution < 1.29 is 9.47 Å². The molecule has 0 saturated carbocycles. The first-order chi connectivity index (χ1) is 9.88. The van der Waals surface area contributed by atoms with E-state index in [0.717, 1.165) is 51.7 Å². The molecule has 1 aromatic rings. The van der Waals surface area contributed by atoms with E-state index in [0.29, 0.717) is 12.0 Å². The standard InChI is InChI=1S/C16H24N2O2/c1-2-17-9-14-12-19-8-7-18(14)10-13-11-20-16-6-4-3-5-15(13)16/h3-6,13-14,17H,2,7-12H2,1H3. The van der Waals surface area contributed by atoms with Crippen LogP contribution >= 0.6 is 0 Å². The van der Waals surface area contributed by atoms with Crippen LogP contribution in [0.2, 0.25) is 0 Å². The van der Waals surface area contributed by atoms with Gasteiger partial charge in [0.15, 0.2) is 0 Å². The molecule has 3 rings (SSSR count). The van der Waals surface area contributed by atoms with Gasteiger partial charge in [0.2, 0.25) is 0 Å². The lowest BCUT2D eigenvalue weighted by Gasteiger charge is -2.37. The minimum Gasteiger partial charge on any atom is -0.493 e. The van der Waals surface area contributed by atoms with Gasteiger partial charge in [-0.3, -0.25) is 4.90 Å². The van der Waals surface area contributed by atoms with Crippen LogP contribution in [0, 0.1) is 0 Å². The molecule has 0 bridgehead atoms. The lowest BCUT2D eigenvalue weighted by Crippen LogP contribution is -2.51. The molecule has 0 radical (unpaired) electrons. The Labute approximate surface area is 121 Å². The largest absolute Gasteiger partial charge is 0.493 e. The topological polar surface area (TPSA) is 33.7 Å². The Morgan fingerprint density at radius 3 is 3.10 bits per heavy atom. The Kier molecular flexibility index (Phi) is 4.55. The molecule has 2 atom stereocenters. The first-order valence-corrected chi connectivity index (χ1v) is 7.62. The fourth-order valence-electron chi connectivity index (χ4n) is 3.09. The van der Waals surface area contributed by atoms with Gasteiger partial charge in [-0.25, -0.2) is 0 Å². The first-order valence-electron chi connectivity index (χ1n) is 7.62. The molecule has 110 valence electrons. The van der Waals surface area contributed by atoms with Crippen molar-refractivity contribution in [3.63, 3.8) is 0 Å². The molecule has 0 aromatic heterocycles. The van der Waals surface area contributed by atoms with Gasteiger partial charge >= 0.3 is 0 Å². The number of para-hydroxylation sites is 1. The maximum absolute atomic E-state index is 5.80. The Hall–Kier alpha value is -1.10. The molecule has 2 unspecified atom stereocenters. The fraction of sp³-hybridized carbons (Fsp3) is 0.625. The number of ether oxygens (including phenoxy) is 2. The van der Waals surface area contributed by atoms with Crippen molar-refractivity contribution in [2.75, 3.05) is 46.0 Å². The molecule has 1 fully saturated rings. The van der Waals surface area contributed by atoms with Gasteiger partial charge in [-0.05, 0) is 12.6 Å². The summed E-state index contributed by atoms with van der Waals surface area (Å²) >= 11 is 0. The second-order valence-electron chi connectivity index (χ2n) is 5.58. The molecule has 20 heavy (non-hydrogen) atoms. The van der Waals surface area contributed by atoms with Crippen molar-refractivity contribution in [2.45, 2.75) is 18.9 Å². The van der Waals surface area contributed by atoms with Crippen LogP contribution in [0.1, 0.15) is 18.4 Å². The molecule has 0 amide bonds. The second kappa shape index (κ2) is 6.57. The van der Waals surface area contributed by atoms with E-state index >= 15 is 0 Å². The first kappa shape index (κ1) is 13.9. The SMILES string of the molecule is CCNCC1COCCN1CC1COc2ccccc21. The van der Waals surface area contributed by atoms with Gasteiger partial charge in [0.05, 0.1) is 19.8 Å². The van der Waals surface area contributed by atoms with Crippen LogP contribution in [-0.4, -0.2) is 56.9 Å². The quantitative estimate of drug-likeness (QED) is 0.883. The molecule has 0 spiro atoms. The van der Waals surface area contributed by atoms with E-state index in [-0.39, 0.29) is 0 Å². The van der Waals surface area contributed by atoms with Crippen molar-refractivity contribution in [3.05, 3.63) is 29.8 Å².